The van der Waals surface area contributed by atoms with Gasteiger partial charge in [0, 0.05) is 10.1 Å². The molecule has 2 fully saturated rings. The number of fused-ring (bicyclic) bond motifs is 1. The van der Waals surface area contributed by atoms with Gasteiger partial charge in [-0.25, -0.2) is 0 Å². The van der Waals surface area contributed by atoms with E-state index in [1.807, 2.05) is 30.3 Å². The molecule has 1 saturated carbocycles. The fourth-order valence-electron chi connectivity index (χ4n) is 3.33. The second-order valence-corrected chi connectivity index (χ2v) is 8.40. The molecule has 1 aromatic carbocycles. The molecule has 1 aliphatic carbocycles. The number of hydrogen-bond acceptors (Lipinski definition) is 2. The fourth-order valence-corrected chi connectivity index (χ4v) is 4.82. The minimum Gasteiger partial charge on any atom is -0.362 e. The number of allylic oxidation sites excluding steroid dienone is 1. The molecule has 3 rings (SSSR count). The second-order valence-electron chi connectivity index (χ2n) is 6.66. The summed E-state index contributed by atoms with van der Waals surface area (Å²) in [6.45, 7) is 6.59. The van der Waals surface area contributed by atoms with E-state index in [-0.39, 0.29) is 10.9 Å². The van der Waals surface area contributed by atoms with Crippen molar-refractivity contribution in [3.05, 3.63) is 42.0 Å². The normalized spacial score (nSPS) is 35.3. The first-order chi connectivity index (χ1) is 10.0. The van der Waals surface area contributed by atoms with Crippen molar-refractivity contribution in [3.63, 3.8) is 0 Å². The first-order valence-corrected chi connectivity index (χ1v) is 9.06. The highest BCUT2D eigenvalue weighted by Gasteiger charge is 2.56. The summed E-state index contributed by atoms with van der Waals surface area (Å²) in [4.78, 5) is 0.952. The Labute approximate surface area is 130 Å². The van der Waals surface area contributed by atoms with Crippen molar-refractivity contribution < 1.29 is 8.95 Å². The Bertz CT molecular complexity index is 564. The number of hydrogen-bond donors (Lipinski definition) is 0. The maximum Gasteiger partial charge on any atom is 0.113 e. The summed E-state index contributed by atoms with van der Waals surface area (Å²) in [5.41, 5.74) is 1.27. The van der Waals surface area contributed by atoms with Gasteiger partial charge in [-0.15, -0.1) is 0 Å². The van der Waals surface area contributed by atoms with Gasteiger partial charge in [-0.3, -0.25) is 4.21 Å². The zero-order chi connectivity index (χ0) is 15.0. The first-order valence-electron chi connectivity index (χ1n) is 7.85. The summed E-state index contributed by atoms with van der Waals surface area (Å²) in [5, 5.41) is 0.214. The molecule has 21 heavy (non-hydrogen) atoms. The van der Waals surface area contributed by atoms with Crippen LogP contribution in [0.1, 0.15) is 40.0 Å². The summed E-state index contributed by atoms with van der Waals surface area (Å²) in [5.74, 6) is 0.505. The molecular weight excluding hydrogens is 280 g/mol. The van der Waals surface area contributed by atoms with Crippen LogP contribution in [0, 0.1) is 5.92 Å². The summed E-state index contributed by atoms with van der Waals surface area (Å²) in [6.07, 6.45) is 5.56. The highest BCUT2D eigenvalue weighted by molar-refractivity contribution is 7.85. The molecule has 1 aromatic rings. The Kier molecular flexibility index (Phi) is 4.06. The highest BCUT2D eigenvalue weighted by Crippen LogP contribution is 2.50. The zero-order valence-corrected chi connectivity index (χ0v) is 13.9. The van der Waals surface area contributed by atoms with Gasteiger partial charge in [-0.1, -0.05) is 38.1 Å². The van der Waals surface area contributed by atoms with E-state index >= 15 is 0 Å². The summed E-state index contributed by atoms with van der Waals surface area (Å²) in [6, 6.07) is 9.87. The lowest BCUT2D eigenvalue weighted by Crippen LogP contribution is -2.19. The quantitative estimate of drug-likeness (QED) is 0.622. The van der Waals surface area contributed by atoms with Crippen molar-refractivity contribution in [2.45, 2.75) is 61.9 Å². The summed E-state index contributed by atoms with van der Waals surface area (Å²) in [7, 11) is -0.926. The van der Waals surface area contributed by atoms with E-state index in [0.717, 1.165) is 24.2 Å². The van der Waals surface area contributed by atoms with E-state index in [1.54, 1.807) is 0 Å². The molecule has 1 heterocycles. The van der Waals surface area contributed by atoms with Crippen molar-refractivity contribution in [1.29, 1.82) is 0 Å². The molecule has 114 valence electrons. The van der Waals surface area contributed by atoms with E-state index in [1.165, 1.54) is 5.57 Å². The van der Waals surface area contributed by atoms with Crippen LogP contribution in [0.3, 0.4) is 0 Å². The van der Waals surface area contributed by atoms with Crippen LogP contribution in [0.2, 0.25) is 0 Å². The molecule has 0 bridgehead atoms. The van der Waals surface area contributed by atoms with Crippen LogP contribution in [0.4, 0.5) is 0 Å². The minimum atomic E-state index is -0.926. The van der Waals surface area contributed by atoms with Gasteiger partial charge in [0.2, 0.25) is 0 Å². The SMILES string of the molecule is CC(C)/C=C1/C[C@H](S(=O)c2ccccc2)CC[C@H]2O[C@@]12C. The van der Waals surface area contributed by atoms with Crippen molar-refractivity contribution in [3.8, 4) is 0 Å². The molecule has 1 aliphatic heterocycles. The molecule has 0 amide bonds. The molecule has 0 spiro atoms. The van der Waals surface area contributed by atoms with E-state index in [2.05, 4.69) is 26.8 Å². The maximum atomic E-state index is 12.9. The van der Waals surface area contributed by atoms with Crippen molar-refractivity contribution >= 4 is 10.8 Å². The maximum absolute atomic E-state index is 12.9. The molecule has 0 aromatic heterocycles. The van der Waals surface area contributed by atoms with Crippen LogP contribution < -0.4 is 0 Å². The molecule has 4 atom stereocenters. The predicted molar refractivity (Wildman–Crippen MR) is 86.7 cm³/mol. The Balaban J connectivity index is 1.83. The van der Waals surface area contributed by atoms with Crippen LogP contribution in [0.25, 0.3) is 0 Å². The lowest BCUT2D eigenvalue weighted by molar-refractivity contribution is 0.314. The van der Waals surface area contributed by atoms with E-state index in [9.17, 15) is 4.21 Å². The number of ether oxygens (including phenoxy) is 1. The first kappa shape index (κ1) is 15.0. The van der Waals surface area contributed by atoms with Gasteiger partial charge >= 0.3 is 0 Å². The minimum absolute atomic E-state index is 0.0834. The van der Waals surface area contributed by atoms with Crippen molar-refractivity contribution in [2.75, 3.05) is 0 Å². The Morgan fingerprint density at radius 3 is 2.67 bits per heavy atom. The van der Waals surface area contributed by atoms with Crippen LogP contribution in [0.5, 0.6) is 0 Å². The van der Waals surface area contributed by atoms with Gasteiger partial charge in [-0.2, -0.15) is 0 Å². The standard InChI is InChI=1S/C18H24O2S/c1-13(2)11-14-12-16(9-10-17-18(14,3)20-17)21(19)15-7-5-4-6-8-15/h4-8,11,13,16-17H,9-10,12H2,1-3H3/b14-11-/t16-,17-,18+,21?/m1/s1. The van der Waals surface area contributed by atoms with Crippen LogP contribution in [-0.4, -0.2) is 21.2 Å². The van der Waals surface area contributed by atoms with Gasteiger partial charge in [-0.05, 0) is 49.8 Å². The highest BCUT2D eigenvalue weighted by atomic mass is 32.2. The molecule has 2 aliphatic rings. The molecule has 1 unspecified atom stereocenters. The molecular formula is C18H24O2S. The van der Waals surface area contributed by atoms with Crippen LogP contribution >= 0.6 is 0 Å². The summed E-state index contributed by atoms with van der Waals surface area (Å²) >= 11 is 0. The average molecular weight is 304 g/mol. The van der Waals surface area contributed by atoms with Gasteiger partial charge in [0.05, 0.1) is 16.9 Å². The Hall–Kier alpha value is -0.930. The Morgan fingerprint density at radius 2 is 2.00 bits per heavy atom. The monoisotopic (exact) mass is 304 g/mol. The fraction of sp³-hybridized carbons (Fsp3) is 0.556. The number of rotatable bonds is 3. The zero-order valence-electron chi connectivity index (χ0n) is 13.0. The lowest BCUT2D eigenvalue weighted by atomic mass is 9.93. The molecule has 3 heteroatoms. The van der Waals surface area contributed by atoms with E-state index < -0.39 is 10.8 Å². The lowest BCUT2D eigenvalue weighted by Gasteiger charge is -2.19. The van der Waals surface area contributed by atoms with Crippen LogP contribution in [-0.2, 0) is 15.5 Å². The van der Waals surface area contributed by atoms with E-state index in [0.29, 0.717) is 12.0 Å². The van der Waals surface area contributed by atoms with Gasteiger partial charge in [0.15, 0.2) is 0 Å². The van der Waals surface area contributed by atoms with Crippen LogP contribution in [0.15, 0.2) is 46.9 Å². The van der Waals surface area contributed by atoms with Gasteiger partial charge in [0.25, 0.3) is 0 Å². The molecule has 0 radical (unpaired) electrons. The predicted octanol–water partition coefficient (Wildman–Crippen LogP) is 4.09. The smallest absolute Gasteiger partial charge is 0.113 e. The number of epoxide rings is 1. The number of benzene rings is 1. The largest absolute Gasteiger partial charge is 0.362 e. The molecule has 1 saturated heterocycles. The van der Waals surface area contributed by atoms with Gasteiger partial charge < -0.3 is 4.74 Å². The third kappa shape index (κ3) is 3.00. The second kappa shape index (κ2) is 5.69. The Morgan fingerprint density at radius 1 is 1.29 bits per heavy atom. The molecule has 0 N–H and O–H groups in total. The van der Waals surface area contributed by atoms with Gasteiger partial charge in [0.1, 0.15) is 5.60 Å². The van der Waals surface area contributed by atoms with Crippen molar-refractivity contribution in [1.82, 2.24) is 0 Å². The third-order valence-corrected chi connectivity index (χ3v) is 6.34. The average Bonchev–Trinajstić information content (AvgIpc) is 3.15. The third-order valence-electron chi connectivity index (χ3n) is 4.59. The summed E-state index contributed by atoms with van der Waals surface area (Å²) < 4.78 is 18.8. The molecule has 2 nitrogen and oxygen atoms in total. The topological polar surface area (TPSA) is 29.6 Å². The van der Waals surface area contributed by atoms with Crippen molar-refractivity contribution in [2.24, 2.45) is 5.92 Å². The van der Waals surface area contributed by atoms with E-state index in [4.69, 9.17) is 4.74 Å².